The number of hydrogen-bond acceptors (Lipinski definition) is 12. The largest absolute Gasteiger partial charge is 0.500 e. The Hall–Kier alpha value is -2.56. The fraction of sp³-hybridized carbons (Fsp3) is 0.641. The molecule has 0 aliphatic carbocycles. The van der Waals surface area contributed by atoms with Crippen molar-refractivity contribution in [3.05, 3.63) is 65.2 Å². The van der Waals surface area contributed by atoms with Crippen LogP contribution in [0.4, 0.5) is 0 Å². The summed E-state index contributed by atoms with van der Waals surface area (Å²) in [5, 5.41) is 41.8. The van der Waals surface area contributed by atoms with E-state index in [-0.39, 0.29) is 18.2 Å². The third-order valence-electron chi connectivity index (χ3n) is 8.23. The molecule has 2 atom stereocenters. The molecule has 294 valence electrons. The predicted octanol–water partition coefficient (Wildman–Crippen LogP) is 4.47. The molecule has 0 spiro atoms. The molecule has 0 aliphatic heterocycles. The van der Waals surface area contributed by atoms with Crippen LogP contribution in [0.25, 0.3) is 0 Å². The maximum Gasteiger partial charge on any atom is 0.500 e. The molecule has 52 heavy (non-hydrogen) atoms. The van der Waals surface area contributed by atoms with Gasteiger partial charge < -0.3 is 43.2 Å². The molecule has 2 aromatic rings. The van der Waals surface area contributed by atoms with Crippen molar-refractivity contribution >= 4 is 20.4 Å². The van der Waals surface area contributed by atoms with E-state index >= 15 is 0 Å². The second kappa shape index (κ2) is 22.6. The number of nitrogens with zero attached hydrogens (tertiary/aromatic N) is 1. The highest BCUT2D eigenvalue weighted by atomic mass is 28.4. The highest BCUT2D eigenvalue weighted by Crippen LogP contribution is 2.20. The summed E-state index contributed by atoms with van der Waals surface area (Å²) in [6.45, 7) is 15.1. The zero-order valence-corrected chi connectivity index (χ0v) is 33.3. The summed E-state index contributed by atoms with van der Waals surface area (Å²) in [6, 6.07) is 14.3. The number of carbonyl (C=O) groups excluding carboxylic acids is 2. The number of ether oxygens (including phenoxy) is 2. The monoisotopic (exact) mass is 749 g/mol. The van der Waals surface area contributed by atoms with Gasteiger partial charge in [0.15, 0.2) is 11.6 Å². The molecule has 0 amide bonds. The number of Topliss-reactive ketones (excluding diaryl/α,β-unsaturated/α-hetero) is 2. The summed E-state index contributed by atoms with van der Waals surface area (Å²) in [5.74, 6) is -0.113. The van der Waals surface area contributed by atoms with E-state index in [1.165, 1.54) is 27.7 Å². The van der Waals surface area contributed by atoms with Crippen LogP contribution in [0.1, 0.15) is 94.0 Å². The van der Waals surface area contributed by atoms with Gasteiger partial charge in [-0.25, -0.2) is 0 Å². The Kier molecular flexibility index (Phi) is 19.8. The quantitative estimate of drug-likeness (QED) is 0.0549. The van der Waals surface area contributed by atoms with Gasteiger partial charge >= 0.3 is 8.80 Å². The minimum atomic E-state index is -2.85. The number of ketones is 2. The molecular weight excluding hydrogens is 687 g/mol. The van der Waals surface area contributed by atoms with Crippen LogP contribution in [0.3, 0.4) is 0 Å². The zero-order valence-electron chi connectivity index (χ0n) is 32.3. The zero-order chi connectivity index (χ0) is 38.8. The van der Waals surface area contributed by atoms with E-state index in [1.54, 1.807) is 36.4 Å². The average molecular weight is 750 g/mol. The van der Waals surface area contributed by atoms with E-state index in [2.05, 4.69) is 0 Å². The van der Waals surface area contributed by atoms with Crippen molar-refractivity contribution in [2.75, 3.05) is 59.3 Å². The topological polar surface area (TPSA) is 164 Å². The normalized spacial score (nSPS) is 13.7. The molecule has 13 heteroatoms. The first kappa shape index (κ1) is 45.6. The van der Waals surface area contributed by atoms with Crippen molar-refractivity contribution in [1.29, 1.82) is 0 Å². The van der Waals surface area contributed by atoms with Crippen molar-refractivity contribution in [3.8, 4) is 5.75 Å². The van der Waals surface area contributed by atoms with Crippen LogP contribution >= 0.6 is 0 Å². The van der Waals surface area contributed by atoms with E-state index in [0.29, 0.717) is 101 Å². The molecule has 0 saturated heterocycles. The van der Waals surface area contributed by atoms with Gasteiger partial charge in [-0.05, 0) is 111 Å². The molecule has 2 unspecified atom stereocenters. The van der Waals surface area contributed by atoms with Gasteiger partial charge in [-0.1, -0.05) is 24.3 Å². The minimum absolute atomic E-state index is 0.116. The highest BCUT2D eigenvalue weighted by Gasteiger charge is 2.40. The lowest BCUT2D eigenvalue weighted by molar-refractivity contribution is 0.00683. The molecule has 0 aliphatic rings. The third kappa shape index (κ3) is 16.6. The van der Waals surface area contributed by atoms with Gasteiger partial charge in [0.25, 0.3) is 0 Å². The highest BCUT2D eigenvalue weighted by molar-refractivity contribution is 6.60. The van der Waals surface area contributed by atoms with Crippen molar-refractivity contribution in [2.24, 2.45) is 0 Å². The van der Waals surface area contributed by atoms with Gasteiger partial charge in [-0.15, -0.1) is 0 Å². The van der Waals surface area contributed by atoms with Crippen LogP contribution in [-0.2, 0) is 24.4 Å². The van der Waals surface area contributed by atoms with Gasteiger partial charge in [-0.2, -0.15) is 0 Å². The first-order valence-electron chi connectivity index (χ1n) is 18.5. The van der Waals surface area contributed by atoms with Crippen LogP contribution in [0, 0.1) is 0 Å². The van der Waals surface area contributed by atoms with E-state index in [1.807, 2.05) is 37.8 Å². The van der Waals surface area contributed by atoms with E-state index in [9.17, 15) is 30.0 Å². The Morgan fingerprint density at radius 1 is 0.731 bits per heavy atom. The van der Waals surface area contributed by atoms with Gasteiger partial charge in [0.05, 0.1) is 32.0 Å². The number of hydrogen-bond donors (Lipinski definition) is 4. The number of rotatable bonds is 28. The van der Waals surface area contributed by atoms with Gasteiger partial charge in [-0.3, -0.25) is 14.5 Å². The first-order chi connectivity index (χ1) is 24.5. The summed E-state index contributed by atoms with van der Waals surface area (Å²) in [5.41, 5.74) is -1.07. The minimum Gasteiger partial charge on any atom is -0.494 e. The van der Waals surface area contributed by atoms with Crippen molar-refractivity contribution in [1.82, 2.24) is 4.90 Å². The fourth-order valence-electron chi connectivity index (χ4n) is 5.67. The maximum atomic E-state index is 12.3. The number of benzene rings is 2. The Labute approximate surface area is 311 Å². The molecule has 4 N–H and O–H groups in total. The lowest BCUT2D eigenvalue weighted by Gasteiger charge is -2.31. The van der Waals surface area contributed by atoms with Gasteiger partial charge in [0.1, 0.15) is 17.0 Å². The van der Waals surface area contributed by atoms with Crippen LogP contribution in [0.5, 0.6) is 5.75 Å². The Morgan fingerprint density at radius 3 is 1.73 bits per heavy atom. The van der Waals surface area contributed by atoms with Crippen molar-refractivity contribution in [2.45, 2.75) is 104 Å². The molecule has 12 nitrogen and oxygen atoms in total. The Balaban J connectivity index is 1.92. The van der Waals surface area contributed by atoms with Crippen molar-refractivity contribution in [3.63, 3.8) is 0 Å². The van der Waals surface area contributed by atoms with Crippen LogP contribution in [-0.4, -0.2) is 128 Å². The number of aliphatic hydroxyl groups excluding tert-OH is 2. The van der Waals surface area contributed by atoms with E-state index in [0.717, 1.165) is 5.56 Å². The number of carbonyl (C=O) groups is 2. The van der Waals surface area contributed by atoms with Crippen LogP contribution < -0.4 is 4.74 Å². The smallest absolute Gasteiger partial charge is 0.494 e. The lowest BCUT2D eigenvalue weighted by Crippen LogP contribution is -2.47. The number of aliphatic hydroxyl groups is 4. The average Bonchev–Trinajstić information content (AvgIpc) is 3.08. The van der Waals surface area contributed by atoms with Gasteiger partial charge in [0, 0.05) is 50.1 Å². The van der Waals surface area contributed by atoms with E-state index in [4.69, 9.17) is 22.8 Å². The molecule has 2 aromatic carbocycles. The van der Waals surface area contributed by atoms with Crippen LogP contribution in [0.2, 0.25) is 6.04 Å². The second-order valence-corrected chi connectivity index (χ2v) is 16.7. The standard InChI is InChI=1S/C39H63NO11Si/c1-8-49-52(50-9-2,51-10-3)26-12-23-40(27-33(41)13-11-24-48-35-20-18-32(19-21-35)37(44)39(6,7)46)28-34(42)29-47-25-22-30-14-16-31(17-15-30)36(43)38(4,5)45/h14-21,33-34,41-42,45-46H,8-13,22-29H2,1-7H3. The predicted molar refractivity (Wildman–Crippen MR) is 202 cm³/mol. The molecule has 0 saturated carbocycles. The Morgan fingerprint density at radius 2 is 1.23 bits per heavy atom. The second-order valence-electron chi connectivity index (χ2n) is 14.0. The van der Waals surface area contributed by atoms with Crippen LogP contribution in [0.15, 0.2) is 48.5 Å². The SMILES string of the molecule is CCO[Si](CCCN(CC(O)CCCOc1ccc(C(=O)C(C)(C)O)cc1)CC(O)COCCc1ccc(C(=O)C(C)(C)O)cc1)(OCC)OCC. The summed E-state index contributed by atoms with van der Waals surface area (Å²) in [4.78, 5) is 26.6. The summed E-state index contributed by atoms with van der Waals surface area (Å²) in [6.07, 6.45) is 0.897. The molecule has 0 bridgehead atoms. The molecular formula is C39H63NO11Si. The molecule has 0 heterocycles. The lowest BCUT2D eigenvalue weighted by atomic mass is 9.96. The summed E-state index contributed by atoms with van der Waals surface area (Å²) >= 11 is 0. The van der Waals surface area contributed by atoms with E-state index < -0.39 is 32.2 Å². The van der Waals surface area contributed by atoms with Gasteiger partial charge in [0.2, 0.25) is 0 Å². The molecule has 0 aromatic heterocycles. The van der Waals surface area contributed by atoms with Crippen molar-refractivity contribution < 1.29 is 52.8 Å². The third-order valence-corrected chi connectivity index (χ3v) is 11.4. The fourth-order valence-corrected chi connectivity index (χ4v) is 8.26. The summed E-state index contributed by atoms with van der Waals surface area (Å²) in [7, 11) is -2.85. The molecule has 0 radical (unpaired) electrons. The molecule has 0 fully saturated rings. The Bertz CT molecular complexity index is 1210. The summed E-state index contributed by atoms with van der Waals surface area (Å²) < 4.78 is 29.7. The first-order valence-corrected chi connectivity index (χ1v) is 20.4. The maximum absolute atomic E-state index is 12.3. The molecule has 2 rings (SSSR count).